The Morgan fingerprint density at radius 2 is 1.06 bits per heavy atom. The first-order valence-corrected chi connectivity index (χ1v) is 28.6. The number of fused-ring (bicyclic) bond motifs is 4. The average molecular weight is 1160 g/mol. The topological polar surface area (TPSA) is 241 Å². The molecule has 23 nitrogen and oxygen atoms in total. The molecule has 84 heavy (non-hydrogen) atoms. The number of amides is 6. The van der Waals surface area contributed by atoms with Crippen LogP contribution in [0.2, 0.25) is 0 Å². The smallest absolute Gasteiger partial charge is 0.257 e. The minimum atomic E-state index is -0.412. The van der Waals surface area contributed by atoms with E-state index in [9.17, 15) is 28.8 Å². The van der Waals surface area contributed by atoms with Gasteiger partial charge in [-0.25, -0.2) is 0 Å². The van der Waals surface area contributed by atoms with Crippen molar-refractivity contribution in [2.45, 2.75) is 57.4 Å². The molecule has 9 rings (SSSR count). The molecule has 23 heteroatoms. The Balaban J connectivity index is 0.695. The van der Waals surface area contributed by atoms with Gasteiger partial charge < -0.3 is 63.2 Å². The molecule has 448 valence electrons. The fraction of sp³-hybridized carbons (Fsp3) is 0.475. The van der Waals surface area contributed by atoms with Gasteiger partial charge in [0.2, 0.25) is 11.8 Å². The van der Waals surface area contributed by atoms with Crippen LogP contribution in [0.3, 0.4) is 0 Å². The third kappa shape index (κ3) is 16.0. The van der Waals surface area contributed by atoms with E-state index in [2.05, 4.69) is 45.7 Å². The predicted molar refractivity (Wildman–Crippen MR) is 312 cm³/mol. The number of carbonyl (C=O) groups excluding carboxylic acids is 6. The molecule has 0 unspecified atom stereocenters. The van der Waals surface area contributed by atoms with Crippen LogP contribution in [0.25, 0.3) is 0 Å². The van der Waals surface area contributed by atoms with E-state index in [1.54, 1.807) is 48.3 Å². The molecule has 6 amide bonds. The van der Waals surface area contributed by atoms with Gasteiger partial charge in [-0.15, -0.1) is 0 Å². The van der Waals surface area contributed by atoms with Crippen LogP contribution in [0.4, 0.5) is 17.1 Å². The first-order chi connectivity index (χ1) is 40.8. The quantitative estimate of drug-likeness (QED) is 0.0517. The Morgan fingerprint density at radius 1 is 0.571 bits per heavy atom. The summed E-state index contributed by atoms with van der Waals surface area (Å²) in [5.74, 6) is 0.337. The Bertz CT molecular complexity index is 2880. The molecular formula is C61H75N9O14. The van der Waals surface area contributed by atoms with Gasteiger partial charge in [0.15, 0.2) is 23.0 Å². The average Bonchev–Trinajstić information content (AvgIpc) is 2.48. The number of hydrogen-bond donors (Lipinski definition) is 2. The molecule has 2 N–H and O–H groups in total. The van der Waals surface area contributed by atoms with Gasteiger partial charge in [-0.05, 0) is 67.3 Å². The fourth-order valence-electron chi connectivity index (χ4n) is 10.6. The van der Waals surface area contributed by atoms with Crippen LogP contribution in [0.1, 0.15) is 63.9 Å². The highest BCUT2D eigenvalue weighted by molar-refractivity contribution is 6.13. The molecule has 3 fully saturated rings. The lowest BCUT2D eigenvalue weighted by atomic mass is 10.1. The van der Waals surface area contributed by atoms with E-state index in [1.807, 2.05) is 18.5 Å². The lowest BCUT2D eigenvalue weighted by Crippen LogP contribution is -2.47. The molecule has 0 spiro atoms. The SMILES string of the molecule is C=C1C[C@H]2C=Nc3cc(OCc4cc(COc5cc6c(cc5OC)C(=O)N5CC(=C)C[C@H]5C=N6)cc(N5CCN(CCCNC(=O)CCOCCOCCOCCOCCNC(=O)CCN6C(=O)C=CC6=O)CC5)c4)c(OC)cc3C(=O)N2C1. The van der Waals surface area contributed by atoms with E-state index >= 15 is 0 Å². The normalized spacial score (nSPS) is 18.2. The second-order valence-electron chi connectivity index (χ2n) is 21.1. The van der Waals surface area contributed by atoms with Gasteiger partial charge in [0.25, 0.3) is 23.6 Å². The zero-order valence-corrected chi connectivity index (χ0v) is 47.9. The highest BCUT2D eigenvalue weighted by Gasteiger charge is 2.36. The van der Waals surface area contributed by atoms with E-state index in [-0.39, 0.29) is 74.9 Å². The zero-order valence-electron chi connectivity index (χ0n) is 47.9. The minimum absolute atomic E-state index is 0.0285. The summed E-state index contributed by atoms with van der Waals surface area (Å²) < 4.78 is 46.7. The van der Waals surface area contributed by atoms with Crippen LogP contribution >= 0.6 is 0 Å². The zero-order chi connectivity index (χ0) is 59.0. The molecule has 3 saturated heterocycles. The van der Waals surface area contributed by atoms with Crippen LogP contribution in [-0.2, 0) is 51.3 Å². The van der Waals surface area contributed by atoms with Gasteiger partial charge in [0.1, 0.15) is 13.2 Å². The van der Waals surface area contributed by atoms with Crippen LogP contribution in [0, 0.1) is 0 Å². The number of anilines is 1. The fourth-order valence-corrected chi connectivity index (χ4v) is 10.6. The van der Waals surface area contributed by atoms with Gasteiger partial charge in [0.05, 0.1) is 102 Å². The van der Waals surface area contributed by atoms with Crippen molar-refractivity contribution >= 4 is 64.9 Å². The first-order valence-electron chi connectivity index (χ1n) is 28.6. The number of piperazine rings is 1. The van der Waals surface area contributed by atoms with Gasteiger partial charge >= 0.3 is 0 Å². The summed E-state index contributed by atoms with van der Waals surface area (Å²) in [6.45, 7) is 17.2. The number of carbonyl (C=O) groups is 6. The number of imide groups is 1. The summed E-state index contributed by atoms with van der Waals surface area (Å²) in [4.78, 5) is 93.8. The highest BCUT2D eigenvalue weighted by atomic mass is 16.6. The van der Waals surface area contributed by atoms with E-state index in [0.717, 1.165) is 72.0 Å². The van der Waals surface area contributed by atoms with Crippen molar-refractivity contribution in [3.63, 3.8) is 0 Å². The van der Waals surface area contributed by atoms with Crippen molar-refractivity contribution in [2.24, 2.45) is 9.98 Å². The third-order valence-corrected chi connectivity index (χ3v) is 15.1. The maximum atomic E-state index is 13.7. The highest BCUT2D eigenvalue weighted by Crippen LogP contribution is 2.41. The number of nitrogens with one attached hydrogen (secondary N) is 2. The van der Waals surface area contributed by atoms with Crippen molar-refractivity contribution in [1.82, 2.24) is 30.2 Å². The first kappa shape index (κ1) is 60.6. The van der Waals surface area contributed by atoms with Gasteiger partial charge in [-0.2, -0.15) is 0 Å². The van der Waals surface area contributed by atoms with Crippen LogP contribution in [0.5, 0.6) is 23.0 Å². The monoisotopic (exact) mass is 1160 g/mol. The number of methoxy groups -OCH3 is 2. The molecule has 6 heterocycles. The Morgan fingerprint density at radius 3 is 1.58 bits per heavy atom. The predicted octanol–water partition coefficient (Wildman–Crippen LogP) is 4.35. The summed E-state index contributed by atoms with van der Waals surface area (Å²) in [5, 5.41) is 5.70. The molecule has 3 aromatic rings. The Hall–Kier alpha value is -7.96. The molecule has 3 aromatic carbocycles. The second kappa shape index (κ2) is 29.5. The molecule has 0 radical (unpaired) electrons. The molecule has 2 atom stereocenters. The summed E-state index contributed by atoms with van der Waals surface area (Å²) >= 11 is 0. The number of rotatable bonds is 31. The summed E-state index contributed by atoms with van der Waals surface area (Å²) in [5.41, 5.74) is 6.68. The number of benzene rings is 3. The van der Waals surface area contributed by atoms with E-state index in [0.29, 0.717) is 131 Å². The third-order valence-electron chi connectivity index (χ3n) is 15.1. The summed E-state index contributed by atoms with van der Waals surface area (Å²) in [6, 6.07) is 12.9. The van der Waals surface area contributed by atoms with Gasteiger partial charge in [0, 0.05) is 114 Å². The van der Waals surface area contributed by atoms with E-state index in [1.165, 1.54) is 12.2 Å². The Labute approximate surface area is 489 Å². The summed E-state index contributed by atoms with van der Waals surface area (Å²) in [6.07, 6.45) is 8.42. The van der Waals surface area contributed by atoms with Crippen LogP contribution in [-0.4, -0.2) is 212 Å². The maximum absolute atomic E-state index is 13.7. The second-order valence-corrected chi connectivity index (χ2v) is 21.1. The number of ether oxygens (including phenoxy) is 8. The van der Waals surface area contributed by atoms with Gasteiger partial charge in [-0.3, -0.25) is 48.6 Å². The minimum Gasteiger partial charge on any atom is -0.493 e. The molecule has 6 aliphatic rings. The van der Waals surface area contributed by atoms with Crippen molar-refractivity contribution in [2.75, 3.05) is 137 Å². The number of hydrogen-bond acceptors (Lipinski definition) is 18. The summed E-state index contributed by atoms with van der Waals surface area (Å²) in [7, 11) is 3.10. The van der Waals surface area contributed by atoms with Crippen molar-refractivity contribution in [1.29, 1.82) is 0 Å². The molecule has 0 bridgehead atoms. The lowest BCUT2D eigenvalue weighted by molar-refractivity contribution is -0.137. The van der Waals surface area contributed by atoms with Crippen LogP contribution in [0.15, 0.2) is 88.9 Å². The Kier molecular flexibility index (Phi) is 21.3. The van der Waals surface area contributed by atoms with Crippen LogP contribution < -0.4 is 34.5 Å². The maximum Gasteiger partial charge on any atom is 0.257 e. The lowest BCUT2D eigenvalue weighted by Gasteiger charge is -2.36. The standard InChI is InChI=1S/C61H75N9O14/c1-41-26-46-35-64-50-33-54(52(77-3)31-48(50)60(75)69(46)37-41)83-39-43-28-44(40-84-55-34-51-49(32-53(55)78-4)61(76)70-38-42(2)27-47(70)36-65-51)30-45(29-43)67-16-14-66(15-17-67)12-5-10-62-57(72)9-18-79-20-22-81-24-25-82-23-21-80-19-11-63-56(71)8-13-68-58(73)6-7-59(68)74/h6-7,28-36,46-47H,1-2,5,8-27,37-40H2,3-4H3,(H,62,72)(H,63,71)/t46-,47-/m0/s1. The molecule has 0 saturated carbocycles. The molecule has 0 aromatic heterocycles. The molecule has 0 aliphatic carbocycles. The van der Waals surface area contributed by atoms with Crippen molar-refractivity contribution < 1.29 is 66.7 Å². The molecule has 6 aliphatic heterocycles. The van der Waals surface area contributed by atoms with E-state index < -0.39 is 11.8 Å². The van der Waals surface area contributed by atoms with Gasteiger partial charge in [-0.1, -0.05) is 24.3 Å². The van der Waals surface area contributed by atoms with Crippen molar-refractivity contribution in [3.8, 4) is 23.0 Å². The number of aliphatic imine (C=N–C) groups is 2. The molecular weight excluding hydrogens is 1080 g/mol. The van der Waals surface area contributed by atoms with Crippen molar-refractivity contribution in [3.05, 3.63) is 101 Å². The largest absolute Gasteiger partial charge is 0.493 e. The van der Waals surface area contributed by atoms with E-state index in [4.69, 9.17) is 47.9 Å². The number of nitrogens with zero attached hydrogens (tertiary/aromatic N) is 7.